The first kappa shape index (κ1) is 20.1. The zero-order valence-electron chi connectivity index (χ0n) is 12.7. The van der Waals surface area contributed by atoms with Crippen molar-refractivity contribution in [1.82, 2.24) is 4.57 Å². The molecule has 1 aliphatic carbocycles. The van der Waals surface area contributed by atoms with E-state index in [1.54, 1.807) is 7.11 Å². The van der Waals surface area contributed by atoms with Gasteiger partial charge in [-0.2, -0.15) is 6.42 Å². The van der Waals surface area contributed by atoms with Crippen molar-refractivity contribution in [3.8, 4) is 11.4 Å². The maximum atomic E-state index is 5.39. The molecule has 5 heteroatoms. The molecule has 2 nitrogen and oxygen atoms in total. The summed E-state index contributed by atoms with van der Waals surface area (Å²) >= 11 is 0. The van der Waals surface area contributed by atoms with E-state index in [9.17, 15) is 0 Å². The van der Waals surface area contributed by atoms with Gasteiger partial charge in [-0.15, -0.1) is 6.42 Å². The van der Waals surface area contributed by atoms with Crippen molar-refractivity contribution in [2.24, 2.45) is 0 Å². The van der Waals surface area contributed by atoms with Gasteiger partial charge < -0.3 is 40.5 Å². The fraction of sp³-hybridized carbons (Fsp3) is 0.167. The molecule has 0 spiro atoms. The van der Waals surface area contributed by atoms with Gasteiger partial charge in [0.2, 0.25) is 0 Å². The molecular formula is C18H16Cl2NOTi. The summed E-state index contributed by atoms with van der Waals surface area (Å²) in [5, 5.41) is 1.35. The Labute approximate surface area is 163 Å². The van der Waals surface area contributed by atoms with Gasteiger partial charge >= 0.3 is 21.7 Å². The van der Waals surface area contributed by atoms with Crippen LogP contribution in [-0.2, 0) is 34.6 Å². The van der Waals surface area contributed by atoms with E-state index in [0.29, 0.717) is 0 Å². The third kappa shape index (κ3) is 3.32. The molecule has 0 bridgehead atoms. The summed E-state index contributed by atoms with van der Waals surface area (Å²) in [6.45, 7) is 0. The minimum atomic E-state index is 0. The normalized spacial score (nSPS) is 11.9. The quantitative estimate of drug-likeness (QED) is 0.368. The molecule has 0 saturated heterocycles. The van der Waals surface area contributed by atoms with Gasteiger partial charge in [0.1, 0.15) is 5.75 Å². The number of halogens is 2. The predicted molar refractivity (Wildman–Crippen MR) is 81.5 cm³/mol. The van der Waals surface area contributed by atoms with Gasteiger partial charge in [-0.3, -0.25) is 0 Å². The molecule has 0 aliphatic heterocycles. The Kier molecular flexibility index (Phi) is 7.22. The van der Waals surface area contributed by atoms with E-state index >= 15 is 0 Å². The van der Waals surface area contributed by atoms with Crippen LogP contribution in [0, 0.1) is 6.42 Å². The summed E-state index contributed by atoms with van der Waals surface area (Å²) in [4.78, 5) is 0. The number of hydrogen-bond donors (Lipinski definition) is 0. The van der Waals surface area contributed by atoms with E-state index in [1.807, 2.05) is 0 Å². The van der Waals surface area contributed by atoms with Crippen LogP contribution in [0.2, 0.25) is 0 Å². The fourth-order valence-electron chi connectivity index (χ4n) is 3.18. The molecule has 23 heavy (non-hydrogen) atoms. The van der Waals surface area contributed by atoms with Crippen molar-refractivity contribution < 1.29 is 51.3 Å². The average molecular weight is 381 g/mol. The first-order chi connectivity index (χ1) is 9.88. The van der Waals surface area contributed by atoms with Crippen LogP contribution in [0.5, 0.6) is 5.75 Å². The van der Waals surface area contributed by atoms with Gasteiger partial charge in [-0.05, 0) is 30.0 Å². The zero-order valence-corrected chi connectivity index (χ0v) is 15.8. The van der Waals surface area contributed by atoms with Crippen LogP contribution in [0.25, 0.3) is 16.6 Å². The Morgan fingerprint density at radius 2 is 1.74 bits per heavy atom. The third-order valence-electron chi connectivity index (χ3n) is 4.09. The summed E-state index contributed by atoms with van der Waals surface area (Å²) in [6, 6.07) is 16.9. The molecule has 4 rings (SSSR count). The first-order valence-electron chi connectivity index (χ1n) is 6.96. The molecule has 0 unspecified atom stereocenters. The second-order valence-electron chi connectivity index (χ2n) is 5.18. The minimum absolute atomic E-state index is 0. The second-order valence-corrected chi connectivity index (χ2v) is 5.18. The SMILES string of the molecule is COc1ccc2c3c(n(-c4ccccc4)c2c1)C[CH-]C3.[Cl-].[Cl-].[Ti+3]. The van der Waals surface area contributed by atoms with E-state index in [4.69, 9.17) is 4.74 Å². The van der Waals surface area contributed by atoms with Crippen LogP contribution >= 0.6 is 0 Å². The van der Waals surface area contributed by atoms with E-state index < -0.39 is 0 Å². The average Bonchev–Trinajstić information content (AvgIpc) is 3.07. The Balaban J connectivity index is 0.000000882. The number of rotatable bonds is 2. The number of hydrogen-bond acceptors (Lipinski definition) is 1. The number of ether oxygens (including phenoxy) is 1. The van der Waals surface area contributed by atoms with E-state index in [-0.39, 0.29) is 46.5 Å². The first-order valence-corrected chi connectivity index (χ1v) is 6.96. The van der Waals surface area contributed by atoms with E-state index in [1.165, 1.54) is 27.8 Å². The van der Waals surface area contributed by atoms with E-state index in [2.05, 4.69) is 59.5 Å². The number of fused-ring (bicyclic) bond motifs is 3. The molecule has 0 atom stereocenters. The summed E-state index contributed by atoms with van der Waals surface area (Å²) in [5.74, 6) is 0.912. The summed E-state index contributed by atoms with van der Waals surface area (Å²) in [6.07, 6.45) is 4.47. The number of benzene rings is 2. The topological polar surface area (TPSA) is 14.2 Å². The largest absolute Gasteiger partial charge is 3.00 e. The van der Waals surface area contributed by atoms with Gasteiger partial charge in [0.15, 0.2) is 0 Å². The molecule has 1 aliphatic rings. The monoisotopic (exact) mass is 380 g/mol. The molecule has 117 valence electrons. The smallest absolute Gasteiger partial charge is 1.00 e. The van der Waals surface area contributed by atoms with E-state index in [0.717, 1.165) is 18.6 Å². The van der Waals surface area contributed by atoms with Crippen molar-refractivity contribution in [3.05, 3.63) is 66.2 Å². The van der Waals surface area contributed by atoms with Crippen LogP contribution < -0.4 is 29.6 Å². The van der Waals surface area contributed by atoms with Crippen molar-refractivity contribution in [1.29, 1.82) is 0 Å². The van der Waals surface area contributed by atoms with Gasteiger partial charge in [0.05, 0.1) is 12.6 Å². The maximum Gasteiger partial charge on any atom is 3.00 e. The number of nitrogens with zero attached hydrogens (tertiary/aromatic N) is 1. The number of aromatic nitrogens is 1. The van der Waals surface area contributed by atoms with Crippen LogP contribution in [0.15, 0.2) is 48.5 Å². The molecular weight excluding hydrogens is 365 g/mol. The zero-order chi connectivity index (χ0) is 13.5. The number of para-hydroxylation sites is 1. The Morgan fingerprint density at radius 1 is 1.00 bits per heavy atom. The van der Waals surface area contributed by atoms with Crippen LogP contribution in [-0.4, -0.2) is 11.7 Å². The van der Waals surface area contributed by atoms with Gasteiger partial charge in [-0.25, -0.2) is 0 Å². The summed E-state index contributed by atoms with van der Waals surface area (Å²) < 4.78 is 7.76. The maximum absolute atomic E-state index is 5.39. The fourth-order valence-corrected chi connectivity index (χ4v) is 3.18. The van der Waals surface area contributed by atoms with Crippen molar-refractivity contribution in [2.45, 2.75) is 12.8 Å². The molecule has 0 saturated carbocycles. The van der Waals surface area contributed by atoms with Crippen molar-refractivity contribution in [3.63, 3.8) is 0 Å². The Morgan fingerprint density at radius 3 is 2.43 bits per heavy atom. The third-order valence-corrected chi connectivity index (χ3v) is 4.09. The predicted octanol–water partition coefficient (Wildman–Crippen LogP) is -2.05. The van der Waals surface area contributed by atoms with Crippen molar-refractivity contribution >= 4 is 10.9 Å². The molecule has 2 aromatic carbocycles. The molecule has 0 amide bonds. The van der Waals surface area contributed by atoms with Gasteiger partial charge in [0.25, 0.3) is 0 Å². The Bertz CT molecular complexity index is 787. The minimum Gasteiger partial charge on any atom is -1.00 e. The summed E-state index contributed by atoms with van der Waals surface area (Å²) in [7, 11) is 1.72. The molecule has 1 aromatic heterocycles. The molecule has 3 aromatic rings. The van der Waals surface area contributed by atoms with Crippen LogP contribution in [0.3, 0.4) is 0 Å². The second kappa shape index (κ2) is 8.26. The molecule has 1 radical (unpaired) electrons. The molecule has 1 heterocycles. The molecule has 0 fully saturated rings. The van der Waals surface area contributed by atoms with Gasteiger partial charge in [-0.1, -0.05) is 23.8 Å². The van der Waals surface area contributed by atoms with Crippen molar-refractivity contribution in [2.75, 3.05) is 7.11 Å². The van der Waals surface area contributed by atoms with Crippen LogP contribution in [0.1, 0.15) is 11.3 Å². The Hall–Kier alpha value is -0.926. The van der Waals surface area contributed by atoms with Gasteiger partial charge in [0, 0.05) is 17.1 Å². The molecule has 0 N–H and O–H groups in total. The number of methoxy groups -OCH3 is 1. The standard InChI is InChI=1S/C18H16NO.2ClH.Ti/c1-20-14-10-11-16-15-8-5-9-17(15)19(18(16)12-14)13-6-3-2-4-7-13;;;/h2-7,10-12H,8-9H2,1H3;2*1H;/q-1;;;+3/p-2. The van der Waals surface area contributed by atoms with Crippen LogP contribution in [0.4, 0.5) is 0 Å². The summed E-state index contributed by atoms with van der Waals surface area (Å²) in [5.41, 5.74) is 5.35.